The van der Waals surface area contributed by atoms with E-state index in [1.54, 1.807) is 24.5 Å². The Hall–Kier alpha value is -3.01. The zero-order valence-corrected chi connectivity index (χ0v) is 16.3. The number of carbonyl (C=O) groups excluding carboxylic acids is 2. The van der Waals surface area contributed by atoms with Gasteiger partial charge in [-0.05, 0) is 55.7 Å². The molecular formula is C24H26N2O2. The average Bonchev–Trinajstić information content (AvgIpc) is 3.05. The Labute approximate surface area is 165 Å². The standard InChI is InChI=1S/C24H26N2O2/c1-19-17-21-10-6-7-12-23(21)26(19)24(28)13-5-3-2-4-11-22(27)15-14-20-9-8-16-25-18-20/h6-10,12,14-18H,2-5,11,13H2,1H3/b15-14+. The van der Waals surface area contributed by atoms with Gasteiger partial charge in [0.1, 0.15) is 0 Å². The highest BCUT2D eigenvalue weighted by Gasteiger charge is 2.11. The Morgan fingerprint density at radius 3 is 2.57 bits per heavy atom. The highest BCUT2D eigenvalue weighted by Crippen LogP contribution is 2.20. The molecule has 0 atom stereocenters. The monoisotopic (exact) mass is 374 g/mol. The third-order valence-corrected chi connectivity index (χ3v) is 4.85. The van der Waals surface area contributed by atoms with Crippen molar-refractivity contribution in [1.29, 1.82) is 0 Å². The number of aromatic nitrogens is 2. The summed E-state index contributed by atoms with van der Waals surface area (Å²) in [6, 6.07) is 13.8. The lowest BCUT2D eigenvalue weighted by Crippen LogP contribution is -2.11. The van der Waals surface area contributed by atoms with Crippen LogP contribution in [0, 0.1) is 6.92 Å². The summed E-state index contributed by atoms with van der Waals surface area (Å²) in [7, 11) is 0. The van der Waals surface area contributed by atoms with Crippen molar-refractivity contribution in [2.45, 2.75) is 45.4 Å². The molecule has 0 aliphatic carbocycles. The molecule has 0 saturated carbocycles. The minimum Gasteiger partial charge on any atom is -0.295 e. The second-order valence-electron chi connectivity index (χ2n) is 7.07. The summed E-state index contributed by atoms with van der Waals surface area (Å²) < 4.78 is 1.82. The predicted octanol–water partition coefficient (Wildman–Crippen LogP) is 5.61. The topological polar surface area (TPSA) is 52.0 Å². The summed E-state index contributed by atoms with van der Waals surface area (Å²) in [5, 5.41) is 1.10. The normalized spacial score (nSPS) is 11.3. The van der Waals surface area contributed by atoms with E-state index in [1.165, 1.54) is 0 Å². The van der Waals surface area contributed by atoms with Crippen LogP contribution in [-0.2, 0) is 4.79 Å². The molecule has 144 valence electrons. The van der Waals surface area contributed by atoms with E-state index in [1.807, 2.05) is 47.9 Å². The third-order valence-electron chi connectivity index (χ3n) is 4.85. The van der Waals surface area contributed by atoms with Crippen LogP contribution >= 0.6 is 0 Å². The van der Waals surface area contributed by atoms with Crippen molar-refractivity contribution in [3.63, 3.8) is 0 Å². The first-order valence-corrected chi connectivity index (χ1v) is 9.86. The Bertz CT molecular complexity index is 971. The lowest BCUT2D eigenvalue weighted by molar-refractivity contribution is -0.114. The number of aryl methyl sites for hydroxylation is 1. The van der Waals surface area contributed by atoms with E-state index in [2.05, 4.69) is 11.1 Å². The molecule has 0 amide bonds. The van der Waals surface area contributed by atoms with Gasteiger partial charge < -0.3 is 0 Å². The van der Waals surface area contributed by atoms with Gasteiger partial charge >= 0.3 is 0 Å². The molecule has 1 aromatic carbocycles. The van der Waals surface area contributed by atoms with Crippen LogP contribution in [0.2, 0.25) is 0 Å². The summed E-state index contributed by atoms with van der Waals surface area (Å²) in [4.78, 5) is 28.5. The van der Waals surface area contributed by atoms with Crippen LogP contribution in [0.3, 0.4) is 0 Å². The minimum absolute atomic E-state index is 0.134. The van der Waals surface area contributed by atoms with Crippen LogP contribution in [0.1, 0.15) is 54.6 Å². The Kier molecular flexibility index (Phi) is 6.90. The number of nitrogens with zero attached hydrogens (tertiary/aromatic N) is 2. The van der Waals surface area contributed by atoms with Crippen LogP contribution in [0.25, 0.3) is 17.0 Å². The largest absolute Gasteiger partial charge is 0.295 e. The quantitative estimate of drug-likeness (QED) is 0.361. The van der Waals surface area contributed by atoms with E-state index >= 15 is 0 Å². The molecule has 0 N–H and O–H groups in total. The second kappa shape index (κ2) is 9.79. The average molecular weight is 374 g/mol. The molecule has 0 aliphatic rings. The number of ketones is 1. The van der Waals surface area contributed by atoms with Gasteiger partial charge in [-0.1, -0.05) is 37.1 Å². The summed E-state index contributed by atoms with van der Waals surface area (Å²) >= 11 is 0. The molecule has 0 fully saturated rings. The number of hydrogen-bond donors (Lipinski definition) is 0. The van der Waals surface area contributed by atoms with Gasteiger partial charge in [0.05, 0.1) is 5.52 Å². The van der Waals surface area contributed by atoms with Gasteiger partial charge in [0.2, 0.25) is 5.91 Å². The van der Waals surface area contributed by atoms with Crippen LogP contribution in [0.5, 0.6) is 0 Å². The first kappa shape index (κ1) is 19.7. The number of rotatable bonds is 9. The number of carbonyl (C=O) groups is 2. The predicted molar refractivity (Wildman–Crippen MR) is 113 cm³/mol. The first-order valence-electron chi connectivity index (χ1n) is 9.86. The Balaban J connectivity index is 1.37. The molecule has 2 heterocycles. The van der Waals surface area contributed by atoms with Gasteiger partial charge in [0.15, 0.2) is 5.78 Å². The van der Waals surface area contributed by atoms with E-state index in [-0.39, 0.29) is 11.7 Å². The van der Waals surface area contributed by atoms with Crippen molar-refractivity contribution >= 4 is 28.7 Å². The maximum absolute atomic E-state index is 12.6. The zero-order chi connectivity index (χ0) is 19.8. The van der Waals surface area contributed by atoms with Crippen LogP contribution in [0.15, 0.2) is 60.9 Å². The fraction of sp³-hybridized carbons (Fsp3) is 0.292. The summed E-state index contributed by atoms with van der Waals surface area (Å²) in [6.07, 6.45) is 11.6. The molecule has 28 heavy (non-hydrogen) atoms. The van der Waals surface area contributed by atoms with Gasteiger partial charge in [0.25, 0.3) is 0 Å². The van der Waals surface area contributed by atoms with E-state index in [0.717, 1.165) is 47.8 Å². The van der Waals surface area contributed by atoms with Crippen molar-refractivity contribution < 1.29 is 9.59 Å². The van der Waals surface area contributed by atoms with E-state index in [0.29, 0.717) is 12.8 Å². The van der Waals surface area contributed by atoms with Crippen LogP contribution < -0.4 is 0 Å². The zero-order valence-electron chi connectivity index (χ0n) is 16.3. The number of fused-ring (bicyclic) bond motifs is 1. The van der Waals surface area contributed by atoms with Crippen LogP contribution in [0.4, 0.5) is 0 Å². The Morgan fingerprint density at radius 2 is 1.79 bits per heavy atom. The molecule has 0 radical (unpaired) electrons. The molecule has 4 nitrogen and oxygen atoms in total. The molecule has 0 unspecified atom stereocenters. The number of unbranched alkanes of at least 4 members (excludes halogenated alkanes) is 3. The lowest BCUT2D eigenvalue weighted by Gasteiger charge is -2.07. The molecule has 3 aromatic rings. The Morgan fingerprint density at radius 1 is 1.00 bits per heavy atom. The summed E-state index contributed by atoms with van der Waals surface area (Å²) in [5.74, 6) is 0.281. The SMILES string of the molecule is Cc1cc2ccccc2n1C(=O)CCCCCCC(=O)/C=C/c1cccnc1. The van der Waals surface area contributed by atoms with E-state index in [4.69, 9.17) is 0 Å². The highest BCUT2D eigenvalue weighted by molar-refractivity contribution is 5.94. The number of hydrogen-bond acceptors (Lipinski definition) is 3. The van der Waals surface area contributed by atoms with Gasteiger partial charge in [0, 0.05) is 36.3 Å². The number of allylic oxidation sites excluding steroid dienone is 1. The van der Waals surface area contributed by atoms with Crippen molar-refractivity contribution in [2.24, 2.45) is 0 Å². The molecule has 4 heteroatoms. The fourth-order valence-corrected chi connectivity index (χ4v) is 3.41. The molecule has 0 saturated heterocycles. The van der Waals surface area contributed by atoms with E-state index in [9.17, 15) is 9.59 Å². The van der Waals surface area contributed by atoms with Gasteiger partial charge in [-0.25, -0.2) is 0 Å². The summed E-state index contributed by atoms with van der Waals surface area (Å²) in [5.41, 5.74) is 2.90. The second-order valence-corrected chi connectivity index (χ2v) is 7.07. The van der Waals surface area contributed by atoms with Gasteiger partial charge in [-0.2, -0.15) is 0 Å². The third kappa shape index (κ3) is 5.26. The highest BCUT2D eigenvalue weighted by atomic mass is 16.2. The molecule has 2 aromatic heterocycles. The maximum atomic E-state index is 12.6. The van der Waals surface area contributed by atoms with Crippen LogP contribution in [-0.4, -0.2) is 21.2 Å². The van der Waals surface area contributed by atoms with Crippen molar-refractivity contribution in [3.8, 4) is 0 Å². The van der Waals surface area contributed by atoms with Gasteiger partial charge in [-0.15, -0.1) is 0 Å². The fourth-order valence-electron chi connectivity index (χ4n) is 3.41. The maximum Gasteiger partial charge on any atom is 0.231 e. The number of benzene rings is 1. The lowest BCUT2D eigenvalue weighted by atomic mass is 10.1. The number of para-hydroxylation sites is 1. The van der Waals surface area contributed by atoms with Gasteiger partial charge in [-0.3, -0.25) is 19.1 Å². The van der Waals surface area contributed by atoms with Crippen molar-refractivity contribution in [2.75, 3.05) is 0 Å². The van der Waals surface area contributed by atoms with Crippen molar-refractivity contribution in [1.82, 2.24) is 9.55 Å². The van der Waals surface area contributed by atoms with Crippen molar-refractivity contribution in [3.05, 3.63) is 72.2 Å². The molecule has 0 aliphatic heterocycles. The minimum atomic E-state index is 0.134. The summed E-state index contributed by atoms with van der Waals surface area (Å²) in [6.45, 7) is 1.97. The van der Waals surface area contributed by atoms with E-state index < -0.39 is 0 Å². The number of pyridine rings is 1. The molecule has 0 spiro atoms. The molecular weight excluding hydrogens is 348 g/mol. The smallest absolute Gasteiger partial charge is 0.231 e. The molecule has 3 rings (SSSR count). The first-order chi connectivity index (χ1) is 13.6. The molecule has 0 bridgehead atoms.